The summed E-state index contributed by atoms with van der Waals surface area (Å²) in [6.45, 7) is 4.47. The first-order valence-corrected chi connectivity index (χ1v) is 11.4. The minimum atomic E-state index is -2.84. The van der Waals surface area contributed by atoms with Crippen molar-refractivity contribution < 1.29 is 18.3 Å². The highest BCUT2D eigenvalue weighted by Gasteiger charge is 2.40. The zero-order chi connectivity index (χ0) is 24.2. The Hall–Kier alpha value is -3.20. The molecule has 1 atom stereocenters. The molecule has 0 radical (unpaired) electrons. The Bertz CT molecular complexity index is 1350. The van der Waals surface area contributed by atoms with Crippen LogP contribution in [-0.2, 0) is 19.4 Å². The van der Waals surface area contributed by atoms with Gasteiger partial charge in [-0.1, -0.05) is 11.6 Å². The number of aromatic nitrogens is 3. The van der Waals surface area contributed by atoms with Crippen LogP contribution in [0.15, 0.2) is 41.6 Å². The molecule has 178 valence electrons. The summed E-state index contributed by atoms with van der Waals surface area (Å²) in [5.74, 6) is -2.75. The SMILES string of the molecule is Cc1cn(-c2ccc3n(c2=O)CCN([C@@H](C)COc2ccc(Cl)c4c2CC(F)(F)C4)C3=O)cn1. The van der Waals surface area contributed by atoms with Crippen LogP contribution in [0.3, 0.4) is 0 Å². The number of aryl methyl sites for hydroxylation is 1. The number of amides is 1. The van der Waals surface area contributed by atoms with E-state index in [1.54, 1.807) is 46.3 Å². The van der Waals surface area contributed by atoms with Gasteiger partial charge in [-0.3, -0.25) is 9.59 Å². The Morgan fingerprint density at radius 2 is 1.91 bits per heavy atom. The highest BCUT2D eigenvalue weighted by Crippen LogP contribution is 2.42. The molecular formula is C24H23ClF2N4O3. The lowest BCUT2D eigenvalue weighted by molar-refractivity contribution is 0.0126. The van der Waals surface area contributed by atoms with Crippen molar-refractivity contribution in [3.63, 3.8) is 0 Å². The van der Waals surface area contributed by atoms with Crippen LogP contribution < -0.4 is 10.3 Å². The van der Waals surface area contributed by atoms with Gasteiger partial charge in [0, 0.05) is 42.7 Å². The van der Waals surface area contributed by atoms with Crippen molar-refractivity contribution in [3.8, 4) is 11.4 Å². The van der Waals surface area contributed by atoms with Crippen molar-refractivity contribution in [2.24, 2.45) is 0 Å². The van der Waals surface area contributed by atoms with E-state index < -0.39 is 18.8 Å². The van der Waals surface area contributed by atoms with Crippen LogP contribution in [0.5, 0.6) is 5.75 Å². The van der Waals surface area contributed by atoms with Gasteiger partial charge in [0.25, 0.3) is 17.4 Å². The molecular weight excluding hydrogens is 466 g/mol. The average molecular weight is 489 g/mol. The van der Waals surface area contributed by atoms with Crippen molar-refractivity contribution in [2.75, 3.05) is 13.2 Å². The molecule has 1 amide bonds. The molecule has 0 saturated carbocycles. The Morgan fingerprint density at radius 3 is 2.65 bits per heavy atom. The average Bonchev–Trinajstić information content (AvgIpc) is 3.36. The standard InChI is InChI=1S/C24H23ClF2N4O3/c1-14-11-29(13-28-14)19-4-5-20-23(33)30(7-8-31(20)22(19)32)15(2)12-34-21-6-3-18(25)16-9-24(26,27)10-17(16)21/h3-6,11,13,15H,7-10,12H2,1-2H3/t15-/m0/s1. The summed E-state index contributed by atoms with van der Waals surface area (Å²) < 4.78 is 36.9. The van der Waals surface area contributed by atoms with Crippen molar-refractivity contribution in [1.82, 2.24) is 19.0 Å². The Kier molecular flexibility index (Phi) is 5.47. The highest BCUT2D eigenvalue weighted by atomic mass is 35.5. The van der Waals surface area contributed by atoms with Gasteiger partial charge in [-0.05, 0) is 43.7 Å². The zero-order valence-corrected chi connectivity index (χ0v) is 19.5. The fourth-order valence-electron chi connectivity index (χ4n) is 4.65. The van der Waals surface area contributed by atoms with Crippen LogP contribution in [0.25, 0.3) is 5.69 Å². The quantitative estimate of drug-likeness (QED) is 0.549. The topological polar surface area (TPSA) is 69.4 Å². The number of halogens is 3. The molecule has 2 aliphatic rings. The number of carbonyl (C=O) groups is 1. The normalized spacial score (nSPS) is 17.4. The summed E-state index contributed by atoms with van der Waals surface area (Å²) in [7, 11) is 0. The molecule has 7 nitrogen and oxygen atoms in total. The number of benzene rings is 1. The zero-order valence-electron chi connectivity index (χ0n) is 18.7. The third-order valence-corrected chi connectivity index (χ3v) is 6.76. The summed E-state index contributed by atoms with van der Waals surface area (Å²) in [5, 5.41) is 0.311. The fraction of sp³-hybridized carbons (Fsp3) is 0.375. The lowest BCUT2D eigenvalue weighted by Crippen LogP contribution is -2.50. The molecule has 3 heterocycles. The van der Waals surface area contributed by atoms with E-state index in [1.165, 1.54) is 4.57 Å². The number of alkyl halides is 2. The number of imidazole rings is 1. The van der Waals surface area contributed by atoms with Gasteiger partial charge in [-0.15, -0.1) is 0 Å². The summed E-state index contributed by atoms with van der Waals surface area (Å²) >= 11 is 6.11. The van der Waals surface area contributed by atoms with Gasteiger partial charge in [0.2, 0.25) is 0 Å². The van der Waals surface area contributed by atoms with E-state index in [0.29, 0.717) is 46.4 Å². The molecule has 1 aliphatic carbocycles. The Morgan fingerprint density at radius 1 is 1.15 bits per heavy atom. The molecule has 2 aromatic heterocycles. The lowest BCUT2D eigenvalue weighted by Gasteiger charge is -2.34. The minimum absolute atomic E-state index is 0.127. The van der Waals surface area contributed by atoms with Gasteiger partial charge < -0.3 is 18.8 Å². The number of ether oxygens (including phenoxy) is 1. The molecule has 1 aliphatic heterocycles. The molecule has 5 rings (SSSR count). The van der Waals surface area contributed by atoms with Crippen LogP contribution >= 0.6 is 11.6 Å². The van der Waals surface area contributed by atoms with Gasteiger partial charge >= 0.3 is 0 Å². The fourth-order valence-corrected chi connectivity index (χ4v) is 4.89. The third-order valence-electron chi connectivity index (χ3n) is 6.40. The summed E-state index contributed by atoms with van der Waals surface area (Å²) in [4.78, 5) is 31.9. The van der Waals surface area contributed by atoms with E-state index in [-0.39, 0.29) is 24.1 Å². The third kappa shape index (κ3) is 3.87. The maximum Gasteiger partial charge on any atom is 0.275 e. The number of nitrogens with zero attached hydrogens (tertiary/aromatic N) is 4. The molecule has 1 aromatic carbocycles. The molecule has 3 aromatic rings. The Balaban J connectivity index is 1.33. The van der Waals surface area contributed by atoms with Crippen LogP contribution in [0.2, 0.25) is 5.02 Å². The van der Waals surface area contributed by atoms with E-state index in [9.17, 15) is 18.4 Å². The smallest absolute Gasteiger partial charge is 0.275 e. The first kappa shape index (κ1) is 22.6. The van der Waals surface area contributed by atoms with Crippen molar-refractivity contribution in [2.45, 2.75) is 45.2 Å². The maximum atomic E-state index is 13.9. The predicted octanol–water partition coefficient (Wildman–Crippen LogP) is 3.65. The number of pyridine rings is 1. The molecule has 0 unspecified atom stereocenters. The van der Waals surface area contributed by atoms with Gasteiger partial charge in [-0.2, -0.15) is 0 Å². The van der Waals surface area contributed by atoms with E-state index in [1.807, 2.05) is 13.8 Å². The van der Waals surface area contributed by atoms with Crippen LogP contribution in [0.4, 0.5) is 8.78 Å². The largest absolute Gasteiger partial charge is 0.491 e. The summed E-state index contributed by atoms with van der Waals surface area (Å²) in [6, 6.07) is 6.09. The molecule has 0 spiro atoms. The monoisotopic (exact) mass is 488 g/mol. The van der Waals surface area contributed by atoms with E-state index in [2.05, 4.69) is 4.98 Å². The molecule has 0 fully saturated rings. The van der Waals surface area contributed by atoms with Gasteiger partial charge in [0.1, 0.15) is 23.7 Å². The number of rotatable bonds is 5. The summed E-state index contributed by atoms with van der Waals surface area (Å²) in [5.41, 5.74) is 2.10. The van der Waals surface area contributed by atoms with Crippen molar-refractivity contribution in [1.29, 1.82) is 0 Å². The molecule has 10 heteroatoms. The van der Waals surface area contributed by atoms with E-state index >= 15 is 0 Å². The van der Waals surface area contributed by atoms with Crippen molar-refractivity contribution in [3.05, 3.63) is 74.7 Å². The minimum Gasteiger partial charge on any atom is -0.491 e. The van der Waals surface area contributed by atoms with Crippen LogP contribution in [0.1, 0.15) is 34.2 Å². The number of fused-ring (bicyclic) bond motifs is 2. The molecule has 0 bridgehead atoms. The van der Waals surface area contributed by atoms with E-state index in [0.717, 1.165) is 5.69 Å². The second kappa shape index (κ2) is 8.23. The van der Waals surface area contributed by atoms with Gasteiger partial charge in [0.05, 0.1) is 18.1 Å². The molecule has 0 N–H and O–H groups in total. The maximum absolute atomic E-state index is 13.9. The molecule has 34 heavy (non-hydrogen) atoms. The lowest BCUT2D eigenvalue weighted by atomic mass is 10.1. The first-order chi connectivity index (χ1) is 16.1. The highest BCUT2D eigenvalue weighted by molar-refractivity contribution is 6.31. The van der Waals surface area contributed by atoms with Gasteiger partial charge in [0.15, 0.2) is 0 Å². The predicted molar refractivity (Wildman–Crippen MR) is 122 cm³/mol. The summed E-state index contributed by atoms with van der Waals surface area (Å²) in [6.07, 6.45) is 2.51. The first-order valence-electron chi connectivity index (χ1n) is 11.0. The van der Waals surface area contributed by atoms with Crippen molar-refractivity contribution >= 4 is 17.5 Å². The number of hydrogen-bond acceptors (Lipinski definition) is 4. The number of hydrogen-bond donors (Lipinski definition) is 0. The number of carbonyl (C=O) groups excluding carboxylic acids is 1. The Labute approximate surface area is 199 Å². The van der Waals surface area contributed by atoms with E-state index in [4.69, 9.17) is 16.3 Å². The molecule has 0 saturated heterocycles. The van der Waals surface area contributed by atoms with Crippen LogP contribution in [-0.4, -0.2) is 50.0 Å². The second-order valence-electron chi connectivity index (χ2n) is 8.85. The second-order valence-corrected chi connectivity index (χ2v) is 9.26. The van der Waals surface area contributed by atoms with Gasteiger partial charge in [-0.25, -0.2) is 13.8 Å². The van der Waals surface area contributed by atoms with Crippen LogP contribution in [0, 0.1) is 6.92 Å².